The lowest BCUT2D eigenvalue weighted by Gasteiger charge is -2.33. The average molecular weight is 406 g/mol. The number of hydrogen-bond acceptors (Lipinski definition) is 1. The third kappa shape index (κ3) is 7.16. The van der Waals surface area contributed by atoms with Crippen LogP contribution in [-0.2, 0) is 4.79 Å². The van der Waals surface area contributed by atoms with Crippen LogP contribution in [0.15, 0.2) is 66.2 Å². The lowest BCUT2D eigenvalue weighted by Crippen LogP contribution is -2.42. The molecule has 0 saturated heterocycles. The van der Waals surface area contributed by atoms with Crippen molar-refractivity contribution < 1.29 is 4.79 Å². The van der Waals surface area contributed by atoms with E-state index in [4.69, 9.17) is 0 Å². The predicted molar refractivity (Wildman–Crippen MR) is 130 cm³/mol. The van der Waals surface area contributed by atoms with Crippen LogP contribution in [-0.4, -0.2) is 23.4 Å². The summed E-state index contributed by atoms with van der Waals surface area (Å²) in [6, 6.07) is 21.0. The zero-order valence-corrected chi connectivity index (χ0v) is 19.3. The molecule has 0 radical (unpaired) electrons. The molecular formula is C28H39NO. The predicted octanol–water partition coefficient (Wildman–Crippen LogP) is 7.47. The topological polar surface area (TPSA) is 20.3 Å². The van der Waals surface area contributed by atoms with Crippen molar-refractivity contribution in [2.45, 2.75) is 78.2 Å². The Morgan fingerprint density at radius 1 is 0.900 bits per heavy atom. The van der Waals surface area contributed by atoms with Crippen molar-refractivity contribution >= 4 is 12.0 Å². The standard InChI is InChI=1S/C28H39NO/c1-5-8-11-18-25(21-24-16-12-9-13-17-24)22-29(23(4)6-2)28(30)27(7-3)26-19-14-10-15-20-26/h9-10,12-17,19-21,23,27H,5-8,11,18,22H2,1-4H3/b25-21+/t23-,27-/m1/s1. The van der Waals surface area contributed by atoms with E-state index < -0.39 is 0 Å². The van der Waals surface area contributed by atoms with Gasteiger partial charge in [0, 0.05) is 12.6 Å². The fourth-order valence-corrected chi connectivity index (χ4v) is 3.91. The lowest BCUT2D eigenvalue weighted by molar-refractivity contribution is -0.134. The van der Waals surface area contributed by atoms with E-state index in [2.05, 4.69) is 81.1 Å². The fourth-order valence-electron chi connectivity index (χ4n) is 3.91. The van der Waals surface area contributed by atoms with Crippen LogP contribution < -0.4 is 0 Å². The zero-order valence-electron chi connectivity index (χ0n) is 19.3. The van der Waals surface area contributed by atoms with Crippen LogP contribution in [0.3, 0.4) is 0 Å². The molecule has 0 aliphatic carbocycles. The van der Waals surface area contributed by atoms with E-state index in [0.717, 1.165) is 31.4 Å². The minimum absolute atomic E-state index is 0.0752. The van der Waals surface area contributed by atoms with Gasteiger partial charge in [0.2, 0.25) is 5.91 Å². The van der Waals surface area contributed by atoms with Gasteiger partial charge in [-0.05, 0) is 43.7 Å². The van der Waals surface area contributed by atoms with Gasteiger partial charge in [-0.25, -0.2) is 0 Å². The highest BCUT2D eigenvalue weighted by molar-refractivity contribution is 5.84. The summed E-state index contributed by atoms with van der Waals surface area (Å²) >= 11 is 0. The summed E-state index contributed by atoms with van der Waals surface area (Å²) in [5.41, 5.74) is 3.69. The third-order valence-corrected chi connectivity index (χ3v) is 5.96. The summed E-state index contributed by atoms with van der Waals surface area (Å²) in [5.74, 6) is 0.182. The first-order valence-corrected chi connectivity index (χ1v) is 11.7. The van der Waals surface area contributed by atoms with E-state index in [0.29, 0.717) is 0 Å². The van der Waals surface area contributed by atoms with Gasteiger partial charge >= 0.3 is 0 Å². The van der Waals surface area contributed by atoms with Crippen LogP contribution in [0, 0.1) is 0 Å². The second-order valence-electron chi connectivity index (χ2n) is 8.27. The molecule has 2 aromatic rings. The second-order valence-corrected chi connectivity index (χ2v) is 8.27. The van der Waals surface area contributed by atoms with Gasteiger partial charge in [0.1, 0.15) is 0 Å². The number of unbranched alkanes of at least 4 members (excludes halogenated alkanes) is 2. The van der Waals surface area contributed by atoms with Gasteiger partial charge in [-0.15, -0.1) is 0 Å². The minimum atomic E-state index is -0.0752. The highest BCUT2D eigenvalue weighted by atomic mass is 16.2. The van der Waals surface area contributed by atoms with Crippen LogP contribution >= 0.6 is 0 Å². The Morgan fingerprint density at radius 2 is 1.53 bits per heavy atom. The first kappa shape index (κ1) is 23.9. The van der Waals surface area contributed by atoms with Crippen LogP contribution in [0.4, 0.5) is 0 Å². The number of benzene rings is 2. The number of nitrogens with zero attached hydrogens (tertiary/aromatic N) is 1. The number of carbonyl (C=O) groups is 1. The SMILES string of the molecule is CCCCC/C(=C\c1ccccc1)CN(C(=O)[C@H](CC)c1ccccc1)[C@H](C)CC. The molecule has 0 fully saturated rings. The molecule has 0 aromatic heterocycles. The molecule has 2 heteroatoms. The van der Waals surface area contributed by atoms with E-state index >= 15 is 0 Å². The van der Waals surface area contributed by atoms with Crippen LogP contribution in [0.2, 0.25) is 0 Å². The van der Waals surface area contributed by atoms with Gasteiger partial charge in [0.25, 0.3) is 0 Å². The molecule has 0 aliphatic rings. The molecule has 2 aromatic carbocycles. The number of carbonyl (C=O) groups excluding carboxylic acids is 1. The normalized spacial score (nSPS) is 13.7. The molecule has 30 heavy (non-hydrogen) atoms. The molecule has 2 rings (SSSR count). The molecule has 1 amide bonds. The molecule has 0 bridgehead atoms. The molecule has 0 aliphatic heterocycles. The smallest absolute Gasteiger partial charge is 0.230 e. The molecule has 0 N–H and O–H groups in total. The van der Waals surface area contributed by atoms with Crippen LogP contribution in [0.1, 0.15) is 83.3 Å². The molecule has 0 heterocycles. The van der Waals surface area contributed by atoms with E-state index in [-0.39, 0.29) is 17.9 Å². The quantitative estimate of drug-likeness (QED) is 0.335. The van der Waals surface area contributed by atoms with Crippen molar-refractivity contribution in [3.8, 4) is 0 Å². The van der Waals surface area contributed by atoms with Gasteiger partial charge in [0.05, 0.1) is 5.92 Å². The van der Waals surface area contributed by atoms with Crippen molar-refractivity contribution in [1.82, 2.24) is 4.90 Å². The Labute approximate surface area is 184 Å². The van der Waals surface area contributed by atoms with Crippen molar-refractivity contribution in [3.63, 3.8) is 0 Å². The summed E-state index contributed by atoms with van der Waals surface area (Å²) in [6.45, 7) is 9.43. The van der Waals surface area contributed by atoms with Crippen molar-refractivity contribution in [3.05, 3.63) is 77.4 Å². The monoisotopic (exact) mass is 405 g/mol. The average Bonchev–Trinajstić information content (AvgIpc) is 2.78. The van der Waals surface area contributed by atoms with Crippen molar-refractivity contribution in [2.75, 3.05) is 6.54 Å². The third-order valence-electron chi connectivity index (χ3n) is 5.96. The van der Waals surface area contributed by atoms with Crippen LogP contribution in [0.5, 0.6) is 0 Å². The lowest BCUT2D eigenvalue weighted by atomic mass is 9.93. The Balaban J connectivity index is 2.30. The largest absolute Gasteiger partial charge is 0.335 e. The van der Waals surface area contributed by atoms with Crippen LogP contribution in [0.25, 0.3) is 6.08 Å². The number of amides is 1. The van der Waals surface area contributed by atoms with Gasteiger partial charge in [-0.2, -0.15) is 0 Å². The minimum Gasteiger partial charge on any atom is -0.335 e. The highest BCUT2D eigenvalue weighted by Crippen LogP contribution is 2.26. The highest BCUT2D eigenvalue weighted by Gasteiger charge is 2.27. The van der Waals surface area contributed by atoms with E-state index in [1.807, 2.05) is 18.2 Å². The Hall–Kier alpha value is -2.35. The molecule has 0 saturated carbocycles. The van der Waals surface area contributed by atoms with Crippen molar-refractivity contribution in [1.29, 1.82) is 0 Å². The van der Waals surface area contributed by atoms with Gasteiger partial charge < -0.3 is 4.90 Å². The zero-order chi connectivity index (χ0) is 21.8. The summed E-state index contributed by atoms with van der Waals surface area (Å²) in [7, 11) is 0. The first-order chi connectivity index (χ1) is 14.6. The molecule has 2 atom stereocenters. The molecule has 0 spiro atoms. The summed E-state index contributed by atoms with van der Waals surface area (Å²) < 4.78 is 0. The van der Waals surface area contributed by atoms with Crippen molar-refractivity contribution in [2.24, 2.45) is 0 Å². The molecule has 0 unspecified atom stereocenters. The maximum absolute atomic E-state index is 13.7. The molecular weight excluding hydrogens is 366 g/mol. The number of rotatable bonds is 12. The van der Waals surface area contributed by atoms with Gasteiger partial charge in [-0.3, -0.25) is 4.79 Å². The van der Waals surface area contributed by atoms with Gasteiger partial charge in [-0.1, -0.05) is 106 Å². The Morgan fingerprint density at radius 3 is 2.10 bits per heavy atom. The summed E-state index contributed by atoms with van der Waals surface area (Å²) in [6.07, 6.45) is 8.73. The molecule has 162 valence electrons. The maximum atomic E-state index is 13.7. The van der Waals surface area contributed by atoms with E-state index in [1.54, 1.807) is 0 Å². The Bertz CT molecular complexity index is 766. The maximum Gasteiger partial charge on any atom is 0.230 e. The van der Waals surface area contributed by atoms with E-state index in [9.17, 15) is 4.79 Å². The Kier molecular flexibility index (Phi) is 10.4. The fraction of sp³-hybridized carbons (Fsp3) is 0.464. The first-order valence-electron chi connectivity index (χ1n) is 11.7. The number of hydrogen-bond donors (Lipinski definition) is 0. The van der Waals surface area contributed by atoms with Gasteiger partial charge in [0.15, 0.2) is 0 Å². The second kappa shape index (κ2) is 13.1. The molecule has 2 nitrogen and oxygen atoms in total. The summed E-state index contributed by atoms with van der Waals surface area (Å²) in [4.78, 5) is 15.8. The summed E-state index contributed by atoms with van der Waals surface area (Å²) in [5, 5.41) is 0. The van der Waals surface area contributed by atoms with E-state index in [1.165, 1.54) is 30.4 Å².